The molecular formula is C21H22N4O3. The molecule has 1 aliphatic rings. The Hall–Kier alpha value is -3.22. The van der Waals surface area contributed by atoms with Gasteiger partial charge in [-0.25, -0.2) is 0 Å². The molecule has 7 nitrogen and oxygen atoms in total. The topological polar surface area (TPSA) is 81.4 Å². The van der Waals surface area contributed by atoms with E-state index in [0.717, 1.165) is 5.56 Å². The molecule has 0 saturated carbocycles. The lowest BCUT2D eigenvalue weighted by Gasteiger charge is -2.36. The molecule has 0 aliphatic carbocycles. The highest BCUT2D eigenvalue weighted by atomic mass is 16.5. The van der Waals surface area contributed by atoms with Gasteiger partial charge < -0.3 is 14.2 Å². The van der Waals surface area contributed by atoms with Gasteiger partial charge in [0.2, 0.25) is 11.7 Å². The Kier molecular flexibility index (Phi) is 5.06. The van der Waals surface area contributed by atoms with E-state index >= 15 is 0 Å². The Labute approximate surface area is 163 Å². The van der Waals surface area contributed by atoms with Crippen LogP contribution in [0.2, 0.25) is 0 Å². The lowest BCUT2D eigenvalue weighted by molar-refractivity contribution is -0.138. The van der Waals surface area contributed by atoms with Crippen molar-refractivity contribution < 1.29 is 14.1 Å². The first-order chi connectivity index (χ1) is 13.6. The minimum atomic E-state index is -0.0435. The van der Waals surface area contributed by atoms with Crippen LogP contribution in [-0.2, 0) is 4.79 Å². The predicted octanol–water partition coefficient (Wildman–Crippen LogP) is 3.26. The largest absolute Gasteiger partial charge is 0.484 e. The SMILES string of the molecule is CC(C)c1ccc(OCC(=O)N2CC(c3nc(-c4ccncc4)no3)C2)cc1. The van der Waals surface area contributed by atoms with Crippen LogP contribution in [0.4, 0.5) is 0 Å². The van der Waals surface area contributed by atoms with E-state index in [1.165, 1.54) is 5.56 Å². The van der Waals surface area contributed by atoms with Crippen LogP contribution >= 0.6 is 0 Å². The molecule has 4 rings (SSSR count). The van der Waals surface area contributed by atoms with E-state index in [1.807, 2.05) is 36.4 Å². The fourth-order valence-corrected chi connectivity index (χ4v) is 3.04. The van der Waals surface area contributed by atoms with Crippen molar-refractivity contribution in [1.29, 1.82) is 0 Å². The maximum atomic E-state index is 12.3. The van der Waals surface area contributed by atoms with Gasteiger partial charge in [0.1, 0.15) is 5.75 Å². The average molecular weight is 378 g/mol. The normalized spacial score (nSPS) is 14.2. The molecule has 0 atom stereocenters. The van der Waals surface area contributed by atoms with E-state index in [9.17, 15) is 4.79 Å². The third-order valence-corrected chi connectivity index (χ3v) is 4.87. The number of nitrogens with zero attached hydrogens (tertiary/aromatic N) is 4. The number of likely N-dealkylation sites (tertiary alicyclic amines) is 1. The first kappa shape index (κ1) is 18.2. The van der Waals surface area contributed by atoms with E-state index in [0.29, 0.717) is 36.5 Å². The molecule has 0 spiro atoms. The van der Waals surface area contributed by atoms with Gasteiger partial charge in [-0.1, -0.05) is 31.1 Å². The van der Waals surface area contributed by atoms with Crippen molar-refractivity contribution in [2.24, 2.45) is 0 Å². The minimum Gasteiger partial charge on any atom is -0.484 e. The van der Waals surface area contributed by atoms with Crippen molar-refractivity contribution in [2.45, 2.75) is 25.7 Å². The molecule has 0 unspecified atom stereocenters. The molecule has 0 bridgehead atoms. The van der Waals surface area contributed by atoms with Crippen LogP contribution in [0.25, 0.3) is 11.4 Å². The molecule has 144 valence electrons. The third-order valence-electron chi connectivity index (χ3n) is 4.87. The summed E-state index contributed by atoms with van der Waals surface area (Å²) in [5, 5.41) is 4.01. The highest BCUT2D eigenvalue weighted by Crippen LogP contribution is 2.27. The number of hydrogen-bond acceptors (Lipinski definition) is 6. The number of ether oxygens (including phenoxy) is 1. The molecule has 2 aromatic heterocycles. The summed E-state index contributed by atoms with van der Waals surface area (Å²) in [6, 6.07) is 11.5. The molecule has 1 aliphatic heterocycles. The summed E-state index contributed by atoms with van der Waals surface area (Å²) in [5.41, 5.74) is 2.10. The zero-order valence-electron chi connectivity index (χ0n) is 15.9. The predicted molar refractivity (Wildman–Crippen MR) is 103 cm³/mol. The van der Waals surface area contributed by atoms with Crippen LogP contribution in [0.15, 0.2) is 53.3 Å². The first-order valence-electron chi connectivity index (χ1n) is 9.34. The molecule has 3 heterocycles. The van der Waals surface area contributed by atoms with Crippen LogP contribution in [0.1, 0.15) is 37.1 Å². The fraction of sp³-hybridized carbons (Fsp3) is 0.333. The average Bonchev–Trinajstić information content (AvgIpc) is 3.16. The summed E-state index contributed by atoms with van der Waals surface area (Å²) in [6.45, 7) is 5.44. The number of carbonyl (C=O) groups is 1. The van der Waals surface area contributed by atoms with Gasteiger partial charge in [0.25, 0.3) is 5.91 Å². The number of pyridine rings is 1. The number of rotatable bonds is 6. The Morgan fingerprint density at radius 3 is 2.57 bits per heavy atom. The molecule has 28 heavy (non-hydrogen) atoms. The zero-order valence-corrected chi connectivity index (χ0v) is 15.9. The Morgan fingerprint density at radius 1 is 1.18 bits per heavy atom. The van der Waals surface area contributed by atoms with E-state index < -0.39 is 0 Å². The summed E-state index contributed by atoms with van der Waals surface area (Å²) in [6.07, 6.45) is 3.37. The molecule has 3 aromatic rings. The van der Waals surface area contributed by atoms with Gasteiger partial charge in [0.15, 0.2) is 6.61 Å². The van der Waals surface area contributed by atoms with E-state index in [1.54, 1.807) is 17.3 Å². The Bertz CT molecular complexity index is 932. The molecule has 0 N–H and O–H groups in total. The number of benzene rings is 1. The van der Waals surface area contributed by atoms with Crippen molar-refractivity contribution in [2.75, 3.05) is 19.7 Å². The molecule has 1 fully saturated rings. The van der Waals surface area contributed by atoms with E-state index in [2.05, 4.69) is 29.0 Å². The van der Waals surface area contributed by atoms with Gasteiger partial charge in [-0.3, -0.25) is 9.78 Å². The van der Waals surface area contributed by atoms with Crippen molar-refractivity contribution in [3.05, 3.63) is 60.2 Å². The molecule has 1 amide bonds. The summed E-state index contributed by atoms with van der Waals surface area (Å²) in [7, 11) is 0. The smallest absolute Gasteiger partial charge is 0.260 e. The molecule has 1 saturated heterocycles. The summed E-state index contributed by atoms with van der Waals surface area (Å²) in [5.74, 6) is 2.29. The molecule has 7 heteroatoms. The highest BCUT2D eigenvalue weighted by molar-refractivity contribution is 5.78. The van der Waals surface area contributed by atoms with Gasteiger partial charge in [-0.2, -0.15) is 4.98 Å². The van der Waals surface area contributed by atoms with Gasteiger partial charge in [0.05, 0.1) is 5.92 Å². The van der Waals surface area contributed by atoms with Crippen LogP contribution in [0.3, 0.4) is 0 Å². The second kappa shape index (κ2) is 7.80. The molecular weight excluding hydrogens is 356 g/mol. The monoisotopic (exact) mass is 378 g/mol. The van der Waals surface area contributed by atoms with Crippen LogP contribution in [0, 0.1) is 0 Å². The van der Waals surface area contributed by atoms with Gasteiger partial charge in [0, 0.05) is 31.0 Å². The van der Waals surface area contributed by atoms with Crippen molar-refractivity contribution in [1.82, 2.24) is 20.0 Å². The minimum absolute atomic E-state index is 0.0276. The highest BCUT2D eigenvalue weighted by Gasteiger charge is 2.35. The Balaban J connectivity index is 1.27. The third kappa shape index (κ3) is 3.88. The van der Waals surface area contributed by atoms with Crippen LogP contribution < -0.4 is 4.74 Å². The second-order valence-corrected chi connectivity index (χ2v) is 7.20. The van der Waals surface area contributed by atoms with Gasteiger partial charge >= 0.3 is 0 Å². The standard InChI is InChI=1S/C21H22N4O3/c1-14(2)15-3-5-18(6-4-15)27-13-19(26)25-11-17(12-25)21-23-20(24-28-21)16-7-9-22-10-8-16/h3-10,14,17H,11-13H2,1-2H3. The number of carbonyl (C=O) groups excluding carboxylic acids is 1. The quantitative estimate of drug-likeness (QED) is 0.655. The van der Waals surface area contributed by atoms with Gasteiger partial charge in [-0.15, -0.1) is 0 Å². The molecule has 1 aromatic carbocycles. The lowest BCUT2D eigenvalue weighted by Crippen LogP contribution is -2.50. The summed E-state index contributed by atoms with van der Waals surface area (Å²) >= 11 is 0. The number of amides is 1. The maximum absolute atomic E-state index is 12.3. The van der Waals surface area contributed by atoms with Gasteiger partial charge in [-0.05, 0) is 35.7 Å². The van der Waals surface area contributed by atoms with Crippen molar-refractivity contribution in [3.63, 3.8) is 0 Å². The first-order valence-corrected chi connectivity index (χ1v) is 9.34. The van der Waals surface area contributed by atoms with Crippen molar-refractivity contribution >= 4 is 5.91 Å². The van der Waals surface area contributed by atoms with Crippen LogP contribution in [0.5, 0.6) is 5.75 Å². The fourth-order valence-electron chi connectivity index (χ4n) is 3.04. The zero-order chi connectivity index (χ0) is 19.5. The lowest BCUT2D eigenvalue weighted by atomic mass is 10.0. The van der Waals surface area contributed by atoms with E-state index in [-0.39, 0.29) is 18.4 Å². The van der Waals surface area contributed by atoms with Crippen LogP contribution in [-0.4, -0.2) is 45.6 Å². The van der Waals surface area contributed by atoms with E-state index in [4.69, 9.17) is 9.26 Å². The summed E-state index contributed by atoms with van der Waals surface area (Å²) < 4.78 is 11.0. The summed E-state index contributed by atoms with van der Waals surface area (Å²) in [4.78, 5) is 22.5. The molecule has 0 radical (unpaired) electrons. The Morgan fingerprint density at radius 2 is 1.89 bits per heavy atom. The number of hydrogen-bond donors (Lipinski definition) is 0. The second-order valence-electron chi connectivity index (χ2n) is 7.20. The van der Waals surface area contributed by atoms with Crippen molar-refractivity contribution in [3.8, 4) is 17.1 Å². The maximum Gasteiger partial charge on any atom is 0.260 e. The number of aromatic nitrogens is 3.